The van der Waals surface area contributed by atoms with Crippen LogP contribution in [0.2, 0.25) is 0 Å². The molecule has 0 spiro atoms. The van der Waals surface area contributed by atoms with Gasteiger partial charge in [-0.2, -0.15) is 0 Å². The third kappa shape index (κ3) is 3.70. The van der Waals surface area contributed by atoms with E-state index in [2.05, 4.69) is 0 Å². The molecule has 1 unspecified atom stereocenters. The summed E-state index contributed by atoms with van der Waals surface area (Å²) in [5.41, 5.74) is 0. The highest BCUT2D eigenvalue weighted by Crippen LogP contribution is 2.13. The molecule has 0 bridgehead atoms. The number of nitrogens with zero attached hydrogens (tertiary/aromatic N) is 1. The zero-order valence-corrected chi connectivity index (χ0v) is 10.9. The molecule has 0 aromatic rings. The Labute approximate surface area is 98.8 Å². The summed E-state index contributed by atoms with van der Waals surface area (Å²) in [6.07, 6.45) is 0.877. The predicted molar refractivity (Wildman–Crippen MR) is 63.6 cm³/mol. The summed E-state index contributed by atoms with van der Waals surface area (Å²) < 4.78 is 11.4. The first kappa shape index (κ1) is 13.4. The van der Waals surface area contributed by atoms with Gasteiger partial charge in [0.2, 0.25) is 5.91 Å². The Hall–Kier alpha value is -0.710. The molecule has 1 atom stereocenters. The second-order valence-corrected chi connectivity index (χ2v) is 7.23. The molecule has 0 saturated carbocycles. The summed E-state index contributed by atoms with van der Waals surface area (Å²) in [6.45, 7) is 6.54. The van der Waals surface area contributed by atoms with Gasteiger partial charge in [0.05, 0.1) is 0 Å². The van der Waals surface area contributed by atoms with E-state index in [9.17, 15) is 13.8 Å². The van der Waals surface area contributed by atoms with Crippen LogP contribution >= 0.6 is 0 Å². The molecule has 0 aromatic heterocycles. The summed E-state index contributed by atoms with van der Waals surface area (Å²) in [5.74, 6) is 0.180. The second-order valence-electron chi connectivity index (χ2n) is 5.02. The number of hydrogen-bond acceptors (Lipinski definition) is 3. The normalized spacial score (nSPS) is 19.7. The molecule has 0 aliphatic carbocycles. The predicted octanol–water partition coefficient (Wildman–Crippen LogP) is 0.725. The van der Waals surface area contributed by atoms with Crippen molar-refractivity contribution in [3.05, 3.63) is 0 Å². The highest BCUT2D eigenvalue weighted by molar-refractivity contribution is 7.87. The summed E-state index contributed by atoms with van der Waals surface area (Å²) in [4.78, 5) is 24.4. The van der Waals surface area contributed by atoms with Crippen molar-refractivity contribution in [2.24, 2.45) is 0 Å². The molecule has 0 radical (unpaired) electrons. The molecular formula is C11H19NO3S. The fraction of sp³-hybridized carbons (Fsp3) is 0.818. The number of rotatable bonds is 2. The monoisotopic (exact) mass is 245 g/mol. The first-order valence-corrected chi connectivity index (χ1v) is 6.80. The number of piperidine rings is 1. The molecule has 1 heterocycles. The highest BCUT2D eigenvalue weighted by atomic mass is 32.2. The molecule has 4 nitrogen and oxygen atoms in total. The Morgan fingerprint density at radius 3 is 2.25 bits per heavy atom. The minimum Gasteiger partial charge on any atom is -0.341 e. The average Bonchev–Trinajstić information content (AvgIpc) is 2.17. The number of ketones is 1. The summed E-state index contributed by atoms with van der Waals surface area (Å²) in [5, 5.41) is 0. The van der Waals surface area contributed by atoms with E-state index in [1.807, 2.05) is 20.8 Å². The maximum atomic E-state index is 11.8. The number of Topliss-reactive ketones (excluding diaryl/α,β-unsaturated/α-hetero) is 1. The van der Waals surface area contributed by atoms with Gasteiger partial charge >= 0.3 is 0 Å². The Kier molecular flexibility index (Phi) is 4.24. The Bertz CT molecular complexity index is 310. The largest absolute Gasteiger partial charge is 0.341 e. The number of carbonyl (C=O) groups is 2. The number of likely N-dealkylation sites (tertiary alicyclic amines) is 1. The van der Waals surface area contributed by atoms with Crippen molar-refractivity contribution in [1.82, 2.24) is 4.90 Å². The van der Waals surface area contributed by atoms with E-state index in [-0.39, 0.29) is 22.2 Å². The average molecular weight is 245 g/mol. The van der Waals surface area contributed by atoms with E-state index >= 15 is 0 Å². The third-order valence-corrected chi connectivity index (χ3v) is 4.49. The maximum absolute atomic E-state index is 11.8. The van der Waals surface area contributed by atoms with Gasteiger partial charge in [-0.1, -0.05) is 0 Å². The van der Waals surface area contributed by atoms with Crippen LogP contribution in [0.3, 0.4) is 0 Å². The van der Waals surface area contributed by atoms with E-state index in [0.29, 0.717) is 25.9 Å². The standard InChI is InChI=1S/C11H19NO3S/c1-11(2,3)16(15)8-10(14)12-6-4-9(13)5-7-12/h4-8H2,1-3H3. The third-order valence-electron chi connectivity index (χ3n) is 2.61. The first-order chi connectivity index (χ1) is 7.30. The van der Waals surface area contributed by atoms with Gasteiger partial charge in [-0.05, 0) is 20.8 Å². The van der Waals surface area contributed by atoms with Gasteiger partial charge in [0.25, 0.3) is 0 Å². The van der Waals surface area contributed by atoms with Crippen molar-refractivity contribution in [2.45, 2.75) is 38.4 Å². The van der Waals surface area contributed by atoms with Gasteiger partial charge in [-0.25, -0.2) is 0 Å². The minimum atomic E-state index is -1.15. The SMILES string of the molecule is CC(C)(C)S(=O)CC(=O)N1CCC(=O)CC1. The lowest BCUT2D eigenvalue weighted by molar-refractivity contribution is -0.132. The van der Waals surface area contributed by atoms with Crippen LogP contribution in [0.25, 0.3) is 0 Å². The lowest BCUT2D eigenvalue weighted by Crippen LogP contribution is -2.42. The van der Waals surface area contributed by atoms with Gasteiger partial charge in [0.1, 0.15) is 11.5 Å². The van der Waals surface area contributed by atoms with Gasteiger partial charge < -0.3 is 4.90 Å². The van der Waals surface area contributed by atoms with Gasteiger partial charge in [0.15, 0.2) is 0 Å². The molecule has 1 fully saturated rings. The first-order valence-electron chi connectivity index (χ1n) is 5.48. The van der Waals surface area contributed by atoms with Crippen LogP contribution in [0.1, 0.15) is 33.6 Å². The molecule has 1 amide bonds. The Balaban J connectivity index is 2.47. The molecule has 1 saturated heterocycles. The summed E-state index contributed by atoms with van der Waals surface area (Å²) in [7, 11) is -1.15. The van der Waals surface area contributed by atoms with E-state index in [1.165, 1.54) is 0 Å². The molecule has 1 rings (SSSR count). The fourth-order valence-electron chi connectivity index (χ4n) is 1.43. The van der Waals surface area contributed by atoms with Crippen LogP contribution in [0.15, 0.2) is 0 Å². The van der Waals surface area contributed by atoms with Crippen LogP contribution in [0.4, 0.5) is 0 Å². The number of amides is 1. The van der Waals surface area contributed by atoms with Crippen LogP contribution in [0.5, 0.6) is 0 Å². The Morgan fingerprint density at radius 1 is 1.31 bits per heavy atom. The van der Waals surface area contributed by atoms with Gasteiger partial charge in [0, 0.05) is 41.5 Å². The summed E-state index contributed by atoms with van der Waals surface area (Å²) in [6, 6.07) is 0. The highest BCUT2D eigenvalue weighted by Gasteiger charge is 2.26. The zero-order chi connectivity index (χ0) is 12.3. The molecule has 16 heavy (non-hydrogen) atoms. The van der Waals surface area contributed by atoms with E-state index in [0.717, 1.165) is 0 Å². The van der Waals surface area contributed by atoms with Crippen LogP contribution in [0, 0.1) is 0 Å². The lowest BCUT2D eigenvalue weighted by atomic mass is 10.1. The van der Waals surface area contributed by atoms with Crippen molar-refractivity contribution in [2.75, 3.05) is 18.8 Å². The maximum Gasteiger partial charge on any atom is 0.235 e. The fourth-order valence-corrected chi connectivity index (χ4v) is 2.27. The number of carbonyl (C=O) groups excluding carboxylic acids is 2. The van der Waals surface area contributed by atoms with Crippen molar-refractivity contribution in [3.8, 4) is 0 Å². The Morgan fingerprint density at radius 2 is 1.81 bits per heavy atom. The van der Waals surface area contributed by atoms with Gasteiger partial charge in [-0.15, -0.1) is 0 Å². The van der Waals surface area contributed by atoms with Crippen LogP contribution in [-0.4, -0.2) is 44.4 Å². The van der Waals surface area contributed by atoms with Crippen molar-refractivity contribution < 1.29 is 13.8 Å². The quantitative estimate of drug-likeness (QED) is 0.720. The zero-order valence-electron chi connectivity index (χ0n) is 10.1. The lowest BCUT2D eigenvalue weighted by Gasteiger charge is -2.27. The topological polar surface area (TPSA) is 54.5 Å². The van der Waals surface area contributed by atoms with E-state index in [4.69, 9.17) is 0 Å². The van der Waals surface area contributed by atoms with Crippen molar-refractivity contribution >= 4 is 22.5 Å². The van der Waals surface area contributed by atoms with Gasteiger partial charge in [-0.3, -0.25) is 13.8 Å². The van der Waals surface area contributed by atoms with Crippen molar-refractivity contribution in [1.29, 1.82) is 0 Å². The van der Waals surface area contributed by atoms with Crippen LogP contribution < -0.4 is 0 Å². The summed E-state index contributed by atoms with van der Waals surface area (Å²) >= 11 is 0. The molecule has 1 aliphatic rings. The minimum absolute atomic E-state index is 0.0672. The molecular weight excluding hydrogens is 226 g/mol. The van der Waals surface area contributed by atoms with E-state index < -0.39 is 10.8 Å². The van der Waals surface area contributed by atoms with Crippen LogP contribution in [-0.2, 0) is 20.4 Å². The molecule has 5 heteroatoms. The van der Waals surface area contributed by atoms with E-state index in [1.54, 1.807) is 4.90 Å². The second kappa shape index (κ2) is 5.08. The van der Waals surface area contributed by atoms with Crippen molar-refractivity contribution in [3.63, 3.8) is 0 Å². The molecule has 0 aromatic carbocycles. The number of hydrogen-bond donors (Lipinski definition) is 0. The molecule has 1 aliphatic heterocycles. The molecule has 92 valence electrons. The smallest absolute Gasteiger partial charge is 0.235 e. The molecule has 0 N–H and O–H groups in total.